The lowest BCUT2D eigenvalue weighted by molar-refractivity contribution is -0.182. The number of carbonyl (C=O) groups is 1. The van der Waals surface area contributed by atoms with E-state index < -0.39 is 24.0 Å². The summed E-state index contributed by atoms with van der Waals surface area (Å²) >= 11 is 0. The molecule has 1 aromatic heterocycles. The first-order valence-corrected chi connectivity index (χ1v) is 7.83. The fourth-order valence-electron chi connectivity index (χ4n) is 2.75. The van der Waals surface area contributed by atoms with Gasteiger partial charge in [-0.15, -0.1) is 10.2 Å². The van der Waals surface area contributed by atoms with Crippen LogP contribution >= 0.6 is 0 Å². The number of fused-ring (bicyclic) bond motifs is 1. The first kappa shape index (κ1) is 17.7. The van der Waals surface area contributed by atoms with Crippen LogP contribution in [0.25, 0.3) is 0 Å². The Hall–Kier alpha value is -1.64. The number of nitrogens with zero attached hydrogens (tertiary/aromatic N) is 3. The third-order valence-electron chi connectivity index (χ3n) is 4.18. The first-order chi connectivity index (χ1) is 10.8. The lowest BCUT2D eigenvalue weighted by Crippen LogP contribution is -2.41. The second-order valence-corrected chi connectivity index (χ2v) is 5.90. The lowest BCUT2D eigenvalue weighted by Gasteiger charge is -2.26. The maximum atomic E-state index is 12.9. The summed E-state index contributed by atoms with van der Waals surface area (Å²) in [6.45, 7) is 2.01. The van der Waals surface area contributed by atoms with E-state index in [2.05, 4.69) is 15.5 Å². The van der Waals surface area contributed by atoms with Crippen LogP contribution in [0.4, 0.5) is 13.2 Å². The number of nitrogens with one attached hydrogen (secondary N) is 1. The Labute approximate surface area is 132 Å². The van der Waals surface area contributed by atoms with Crippen molar-refractivity contribution >= 4 is 5.91 Å². The highest BCUT2D eigenvalue weighted by atomic mass is 19.4. The van der Waals surface area contributed by atoms with Gasteiger partial charge in [-0.2, -0.15) is 13.2 Å². The van der Waals surface area contributed by atoms with Gasteiger partial charge in [-0.1, -0.05) is 19.8 Å². The third-order valence-corrected chi connectivity index (χ3v) is 4.18. The highest BCUT2D eigenvalue weighted by molar-refractivity contribution is 5.79. The number of aryl methyl sites for hydroxylation is 1. The molecular formula is C14H22F3N5O. The summed E-state index contributed by atoms with van der Waals surface area (Å²) in [5, 5.41) is 10.9. The van der Waals surface area contributed by atoms with Crippen LogP contribution in [-0.4, -0.2) is 32.9 Å². The molecule has 1 amide bonds. The van der Waals surface area contributed by atoms with Gasteiger partial charge in [0.05, 0.1) is 18.5 Å². The molecule has 23 heavy (non-hydrogen) atoms. The number of carbonyl (C=O) groups excluding carboxylic acids is 1. The van der Waals surface area contributed by atoms with Crippen LogP contribution in [0.1, 0.15) is 44.3 Å². The fraction of sp³-hybridized carbons (Fsp3) is 0.786. The first-order valence-electron chi connectivity index (χ1n) is 7.83. The molecule has 0 aromatic carbocycles. The van der Waals surface area contributed by atoms with E-state index in [1.165, 1.54) is 4.57 Å². The number of aromatic nitrogens is 3. The Bertz CT molecular complexity index is 543. The number of primary amides is 1. The number of alkyl halides is 3. The normalized spacial score (nSPS) is 19.4. The summed E-state index contributed by atoms with van der Waals surface area (Å²) in [5.74, 6) is -0.870. The minimum absolute atomic E-state index is 0.0372. The van der Waals surface area contributed by atoms with Crippen molar-refractivity contribution in [2.75, 3.05) is 0 Å². The molecule has 0 aliphatic carbocycles. The molecule has 0 fully saturated rings. The van der Waals surface area contributed by atoms with Crippen molar-refractivity contribution in [3.05, 3.63) is 11.6 Å². The van der Waals surface area contributed by atoms with Gasteiger partial charge in [-0.05, 0) is 12.8 Å². The van der Waals surface area contributed by atoms with E-state index in [-0.39, 0.29) is 25.9 Å². The quantitative estimate of drug-likeness (QED) is 0.792. The molecule has 0 spiro atoms. The third kappa shape index (κ3) is 4.43. The predicted molar refractivity (Wildman–Crippen MR) is 77.2 cm³/mol. The molecule has 6 nitrogen and oxygen atoms in total. The lowest BCUT2D eigenvalue weighted by atomic mass is 9.99. The number of unbranched alkanes of at least 4 members (excludes halogenated alkanes) is 1. The number of hydrogen-bond acceptors (Lipinski definition) is 4. The molecule has 1 aromatic rings. The van der Waals surface area contributed by atoms with Crippen LogP contribution in [0, 0.1) is 5.92 Å². The summed E-state index contributed by atoms with van der Waals surface area (Å²) in [6, 6.07) is -0.509. The van der Waals surface area contributed by atoms with Gasteiger partial charge < -0.3 is 10.3 Å². The Kier molecular flexibility index (Phi) is 5.61. The Morgan fingerprint density at radius 2 is 2.22 bits per heavy atom. The molecule has 0 bridgehead atoms. The molecule has 1 aliphatic rings. The van der Waals surface area contributed by atoms with Crippen molar-refractivity contribution in [3.63, 3.8) is 0 Å². The van der Waals surface area contributed by atoms with Gasteiger partial charge in [0, 0.05) is 13.0 Å². The second-order valence-electron chi connectivity index (χ2n) is 5.90. The zero-order valence-electron chi connectivity index (χ0n) is 13.1. The SMILES string of the molecule is CCCC[C@H](NCc1nnc2n1C[C@H](C(F)(F)F)CC2)C(N)=O. The van der Waals surface area contributed by atoms with Gasteiger partial charge >= 0.3 is 6.18 Å². The van der Waals surface area contributed by atoms with Crippen LogP contribution in [0.5, 0.6) is 0 Å². The molecule has 2 heterocycles. The molecule has 0 radical (unpaired) electrons. The van der Waals surface area contributed by atoms with Crippen molar-refractivity contribution < 1.29 is 18.0 Å². The van der Waals surface area contributed by atoms with Gasteiger partial charge in [0.25, 0.3) is 0 Å². The van der Waals surface area contributed by atoms with Gasteiger partial charge in [0.15, 0.2) is 0 Å². The Balaban J connectivity index is 2.02. The maximum Gasteiger partial charge on any atom is 0.393 e. The average molecular weight is 333 g/mol. The molecule has 0 saturated heterocycles. The summed E-state index contributed by atoms with van der Waals surface area (Å²) in [7, 11) is 0. The van der Waals surface area contributed by atoms with E-state index in [0.29, 0.717) is 18.1 Å². The largest absolute Gasteiger partial charge is 0.393 e. The van der Waals surface area contributed by atoms with E-state index in [9.17, 15) is 18.0 Å². The van der Waals surface area contributed by atoms with Gasteiger partial charge in [0.1, 0.15) is 11.6 Å². The number of rotatable bonds is 7. The fourth-order valence-corrected chi connectivity index (χ4v) is 2.75. The summed E-state index contributed by atoms with van der Waals surface area (Å²) < 4.78 is 40.2. The van der Waals surface area contributed by atoms with Crippen LogP contribution in [0.3, 0.4) is 0 Å². The van der Waals surface area contributed by atoms with Gasteiger partial charge in [0.2, 0.25) is 5.91 Å². The molecule has 1 aliphatic heterocycles. The van der Waals surface area contributed by atoms with Gasteiger partial charge in [-0.3, -0.25) is 10.1 Å². The number of amides is 1. The summed E-state index contributed by atoms with van der Waals surface area (Å²) in [6.07, 6.45) is -1.56. The number of hydrogen-bond donors (Lipinski definition) is 2. The topological polar surface area (TPSA) is 85.8 Å². The molecule has 3 N–H and O–H groups in total. The van der Waals surface area contributed by atoms with Crippen LogP contribution in [0.15, 0.2) is 0 Å². The van der Waals surface area contributed by atoms with Crippen LogP contribution in [-0.2, 0) is 24.3 Å². The van der Waals surface area contributed by atoms with Crippen molar-refractivity contribution in [1.29, 1.82) is 0 Å². The summed E-state index contributed by atoms with van der Waals surface area (Å²) in [5.41, 5.74) is 5.34. The Morgan fingerprint density at radius 1 is 1.48 bits per heavy atom. The molecule has 9 heteroatoms. The zero-order valence-corrected chi connectivity index (χ0v) is 13.1. The average Bonchev–Trinajstić information content (AvgIpc) is 2.88. The number of nitrogens with two attached hydrogens (primary N) is 1. The zero-order chi connectivity index (χ0) is 17.0. The van der Waals surface area contributed by atoms with E-state index in [1.54, 1.807) is 0 Å². The van der Waals surface area contributed by atoms with Crippen LogP contribution < -0.4 is 11.1 Å². The highest BCUT2D eigenvalue weighted by Crippen LogP contribution is 2.34. The van der Waals surface area contributed by atoms with Crippen molar-refractivity contribution in [3.8, 4) is 0 Å². The highest BCUT2D eigenvalue weighted by Gasteiger charge is 2.42. The minimum atomic E-state index is -4.22. The van der Waals surface area contributed by atoms with E-state index in [0.717, 1.165) is 12.8 Å². The maximum absolute atomic E-state index is 12.9. The molecule has 2 rings (SSSR count). The van der Waals surface area contributed by atoms with E-state index >= 15 is 0 Å². The Morgan fingerprint density at radius 3 is 2.83 bits per heavy atom. The molecule has 2 atom stereocenters. The van der Waals surface area contributed by atoms with Crippen molar-refractivity contribution in [2.24, 2.45) is 11.7 Å². The van der Waals surface area contributed by atoms with Crippen LogP contribution in [0.2, 0.25) is 0 Å². The number of halogens is 3. The molecule has 130 valence electrons. The predicted octanol–water partition coefficient (Wildman–Crippen LogP) is 1.54. The van der Waals surface area contributed by atoms with Crippen molar-refractivity contribution in [2.45, 2.75) is 64.3 Å². The standard InChI is InChI=1S/C14H22F3N5O/c1-2-3-4-10(13(18)23)19-7-12-21-20-11-6-5-9(8-22(11)12)14(15,16)17/h9-10,19H,2-8H2,1H3,(H2,18,23)/t9-,10+/m1/s1. The minimum Gasteiger partial charge on any atom is -0.368 e. The molecule has 0 unspecified atom stereocenters. The van der Waals surface area contributed by atoms with Gasteiger partial charge in [-0.25, -0.2) is 0 Å². The van der Waals surface area contributed by atoms with E-state index in [4.69, 9.17) is 5.73 Å². The summed E-state index contributed by atoms with van der Waals surface area (Å²) in [4.78, 5) is 11.4. The second kappa shape index (κ2) is 7.29. The smallest absolute Gasteiger partial charge is 0.368 e. The molecule has 0 saturated carbocycles. The monoisotopic (exact) mass is 333 g/mol. The molecular weight excluding hydrogens is 311 g/mol. The van der Waals surface area contributed by atoms with Crippen molar-refractivity contribution in [1.82, 2.24) is 20.1 Å². The van der Waals surface area contributed by atoms with E-state index in [1.807, 2.05) is 6.92 Å².